The Morgan fingerprint density at radius 3 is 2.40 bits per heavy atom. The molecule has 0 saturated heterocycles. The van der Waals surface area contributed by atoms with E-state index in [9.17, 15) is 0 Å². The van der Waals surface area contributed by atoms with Crippen LogP contribution >= 0.6 is 34.5 Å². The number of benzene rings is 1. The molecule has 0 spiro atoms. The molecular weight excluding hydrogens is 309 g/mol. The SMILES string of the molecule is CCC(NC(CC)c1ccc(Cl)cc1Cl)c1cccs1. The summed E-state index contributed by atoms with van der Waals surface area (Å²) >= 11 is 14.1. The Balaban J connectivity index is 2.19. The van der Waals surface area contributed by atoms with Crippen LogP contribution < -0.4 is 5.32 Å². The molecule has 20 heavy (non-hydrogen) atoms. The molecular formula is C16H19Cl2NS. The molecule has 0 aliphatic rings. The van der Waals surface area contributed by atoms with Gasteiger partial charge >= 0.3 is 0 Å². The predicted molar refractivity (Wildman–Crippen MR) is 90.0 cm³/mol. The Labute approximate surface area is 134 Å². The van der Waals surface area contributed by atoms with E-state index in [1.165, 1.54) is 4.88 Å². The quantitative estimate of drug-likeness (QED) is 0.661. The standard InChI is InChI=1S/C16H19Cl2NS/c1-3-14(12-8-7-11(17)10-13(12)18)19-15(4-2)16-6-5-9-20-16/h5-10,14-15,19H,3-4H2,1-2H3. The van der Waals surface area contributed by atoms with E-state index >= 15 is 0 Å². The summed E-state index contributed by atoms with van der Waals surface area (Å²) in [5.41, 5.74) is 1.12. The highest BCUT2D eigenvalue weighted by Crippen LogP contribution is 2.31. The zero-order valence-electron chi connectivity index (χ0n) is 11.7. The van der Waals surface area contributed by atoms with E-state index < -0.39 is 0 Å². The van der Waals surface area contributed by atoms with Gasteiger partial charge in [-0.15, -0.1) is 11.3 Å². The molecule has 0 bridgehead atoms. The summed E-state index contributed by atoms with van der Waals surface area (Å²) in [4.78, 5) is 1.37. The van der Waals surface area contributed by atoms with Crippen LogP contribution in [0.3, 0.4) is 0 Å². The van der Waals surface area contributed by atoms with Gasteiger partial charge in [0.15, 0.2) is 0 Å². The summed E-state index contributed by atoms with van der Waals surface area (Å²) in [7, 11) is 0. The van der Waals surface area contributed by atoms with Gasteiger partial charge in [0, 0.05) is 27.0 Å². The fourth-order valence-electron chi connectivity index (χ4n) is 2.35. The lowest BCUT2D eigenvalue weighted by molar-refractivity contribution is 0.430. The summed E-state index contributed by atoms with van der Waals surface area (Å²) < 4.78 is 0. The lowest BCUT2D eigenvalue weighted by Crippen LogP contribution is -2.25. The Bertz CT molecular complexity index is 539. The second kappa shape index (κ2) is 7.46. The van der Waals surface area contributed by atoms with Crippen LogP contribution in [0.4, 0.5) is 0 Å². The van der Waals surface area contributed by atoms with Gasteiger partial charge in [0.25, 0.3) is 0 Å². The number of hydrogen-bond donors (Lipinski definition) is 1. The summed E-state index contributed by atoms with van der Waals surface area (Å²) in [5.74, 6) is 0. The van der Waals surface area contributed by atoms with Crippen molar-refractivity contribution < 1.29 is 0 Å². The van der Waals surface area contributed by atoms with Gasteiger partial charge in [-0.05, 0) is 42.0 Å². The van der Waals surface area contributed by atoms with Crippen molar-refractivity contribution in [3.63, 3.8) is 0 Å². The number of halogens is 2. The third-order valence-corrected chi connectivity index (χ3v) is 4.99. The molecule has 0 aliphatic heterocycles. The zero-order chi connectivity index (χ0) is 14.5. The Hall–Kier alpha value is -0.540. The van der Waals surface area contributed by atoms with E-state index in [4.69, 9.17) is 23.2 Å². The molecule has 108 valence electrons. The molecule has 0 fully saturated rings. The van der Waals surface area contributed by atoms with Crippen molar-refractivity contribution in [3.05, 3.63) is 56.2 Å². The van der Waals surface area contributed by atoms with Gasteiger partial charge < -0.3 is 5.32 Å². The van der Waals surface area contributed by atoms with Gasteiger partial charge in [-0.2, -0.15) is 0 Å². The van der Waals surface area contributed by atoms with Gasteiger partial charge in [-0.3, -0.25) is 0 Å². The Kier molecular flexibility index (Phi) is 5.91. The smallest absolute Gasteiger partial charge is 0.0468 e. The fourth-order valence-corrected chi connectivity index (χ4v) is 3.76. The van der Waals surface area contributed by atoms with Gasteiger partial charge in [0.05, 0.1) is 0 Å². The third kappa shape index (κ3) is 3.76. The molecule has 1 heterocycles. The van der Waals surface area contributed by atoms with Gasteiger partial charge in [0.2, 0.25) is 0 Å². The first-order chi connectivity index (χ1) is 9.65. The van der Waals surface area contributed by atoms with E-state index in [2.05, 4.69) is 36.7 Å². The summed E-state index contributed by atoms with van der Waals surface area (Å²) in [5, 5.41) is 7.25. The van der Waals surface area contributed by atoms with Crippen LogP contribution in [0.15, 0.2) is 35.7 Å². The van der Waals surface area contributed by atoms with E-state index in [1.807, 2.05) is 18.2 Å². The van der Waals surface area contributed by atoms with Crippen LogP contribution in [0.25, 0.3) is 0 Å². The van der Waals surface area contributed by atoms with Crippen molar-refractivity contribution in [2.75, 3.05) is 0 Å². The van der Waals surface area contributed by atoms with Crippen LogP contribution in [0.5, 0.6) is 0 Å². The highest BCUT2D eigenvalue weighted by atomic mass is 35.5. The highest BCUT2D eigenvalue weighted by molar-refractivity contribution is 7.10. The van der Waals surface area contributed by atoms with Gasteiger partial charge in [-0.25, -0.2) is 0 Å². The fraction of sp³-hybridized carbons (Fsp3) is 0.375. The molecule has 0 saturated carbocycles. The van der Waals surface area contributed by atoms with Crippen LogP contribution in [0, 0.1) is 0 Å². The van der Waals surface area contributed by atoms with E-state index in [1.54, 1.807) is 11.3 Å². The first-order valence-electron chi connectivity index (χ1n) is 6.90. The second-order valence-corrected chi connectivity index (χ2v) is 6.59. The molecule has 0 aliphatic carbocycles. The number of nitrogens with one attached hydrogen (secondary N) is 1. The van der Waals surface area contributed by atoms with Gasteiger partial charge in [0.1, 0.15) is 0 Å². The molecule has 2 rings (SSSR count). The first-order valence-corrected chi connectivity index (χ1v) is 8.53. The lowest BCUT2D eigenvalue weighted by Gasteiger charge is -2.25. The Morgan fingerprint density at radius 1 is 1.10 bits per heavy atom. The predicted octanol–water partition coefficient (Wildman–Crippen LogP) is 6.25. The minimum atomic E-state index is 0.242. The average molecular weight is 328 g/mol. The van der Waals surface area contributed by atoms with Crippen LogP contribution in [-0.2, 0) is 0 Å². The lowest BCUT2D eigenvalue weighted by atomic mass is 10.0. The van der Waals surface area contributed by atoms with Crippen molar-refractivity contribution >= 4 is 34.5 Å². The summed E-state index contributed by atoms with van der Waals surface area (Å²) in [6, 6.07) is 10.6. The average Bonchev–Trinajstić information content (AvgIpc) is 2.95. The normalized spacial score (nSPS) is 14.2. The van der Waals surface area contributed by atoms with Crippen LogP contribution in [0.2, 0.25) is 10.0 Å². The molecule has 4 heteroatoms. The Morgan fingerprint density at radius 2 is 1.85 bits per heavy atom. The molecule has 2 atom stereocenters. The minimum Gasteiger partial charge on any atom is -0.302 e. The van der Waals surface area contributed by atoms with E-state index in [0.717, 1.165) is 23.4 Å². The molecule has 2 unspecified atom stereocenters. The van der Waals surface area contributed by atoms with Crippen molar-refractivity contribution in [2.45, 2.75) is 38.8 Å². The maximum Gasteiger partial charge on any atom is 0.0468 e. The van der Waals surface area contributed by atoms with E-state index in [-0.39, 0.29) is 6.04 Å². The molecule has 0 radical (unpaired) electrons. The molecule has 1 aromatic heterocycles. The van der Waals surface area contributed by atoms with Crippen molar-refractivity contribution in [3.8, 4) is 0 Å². The maximum atomic E-state index is 6.33. The van der Waals surface area contributed by atoms with Gasteiger partial charge in [-0.1, -0.05) is 49.2 Å². The zero-order valence-corrected chi connectivity index (χ0v) is 14.0. The number of hydrogen-bond acceptors (Lipinski definition) is 2. The number of thiophene rings is 1. The van der Waals surface area contributed by atoms with Crippen molar-refractivity contribution in [1.82, 2.24) is 5.32 Å². The molecule has 1 nitrogen and oxygen atoms in total. The second-order valence-electron chi connectivity index (χ2n) is 4.77. The van der Waals surface area contributed by atoms with Crippen molar-refractivity contribution in [1.29, 1.82) is 0 Å². The van der Waals surface area contributed by atoms with Crippen LogP contribution in [0.1, 0.15) is 49.2 Å². The molecule has 0 amide bonds. The summed E-state index contributed by atoms with van der Waals surface area (Å²) in [6.45, 7) is 4.37. The molecule has 1 aromatic carbocycles. The van der Waals surface area contributed by atoms with E-state index in [0.29, 0.717) is 11.1 Å². The van der Waals surface area contributed by atoms with Crippen molar-refractivity contribution in [2.24, 2.45) is 0 Å². The third-order valence-electron chi connectivity index (χ3n) is 3.44. The number of rotatable bonds is 6. The maximum absolute atomic E-state index is 6.33. The first kappa shape index (κ1) is 15.8. The minimum absolute atomic E-state index is 0.242. The molecule has 2 aromatic rings. The summed E-state index contributed by atoms with van der Waals surface area (Å²) in [6.07, 6.45) is 2.05. The molecule has 1 N–H and O–H groups in total. The van der Waals surface area contributed by atoms with Crippen LogP contribution in [-0.4, -0.2) is 0 Å². The monoisotopic (exact) mass is 327 g/mol. The largest absolute Gasteiger partial charge is 0.302 e. The topological polar surface area (TPSA) is 12.0 Å². The highest BCUT2D eigenvalue weighted by Gasteiger charge is 2.18.